The standard InChI is InChI=1S/C9H11FN2/c1-6-4-8(10)9(11-5-6)12-7-2-3-7/h4-5,7H,2-3H2,1H3,(H,11,12). The van der Waals surface area contributed by atoms with E-state index in [2.05, 4.69) is 10.3 Å². The Kier molecular flexibility index (Phi) is 1.71. The van der Waals surface area contributed by atoms with E-state index in [0.717, 1.165) is 18.4 Å². The average Bonchev–Trinajstić information content (AvgIpc) is 2.79. The molecule has 1 saturated carbocycles. The van der Waals surface area contributed by atoms with Crippen molar-refractivity contribution in [3.63, 3.8) is 0 Å². The van der Waals surface area contributed by atoms with Gasteiger partial charge in [0.1, 0.15) is 0 Å². The van der Waals surface area contributed by atoms with Crippen molar-refractivity contribution >= 4 is 5.82 Å². The molecule has 2 rings (SSSR count). The Morgan fingerprint density at radius 2 is 2.33 bits per heavy atom. The molecule has 0 bridgehead atoms. The quantitative estimate of drug-likeness (QED) is 0.727. The van der Waals surface area contributed by atoms with Gasteiger partial charge in [-0.15, -0.1) is 0 Å². The number of anilines is 1. The SMILES string of the molecule is Cc1cnc(NC2CC2)c(F)c1. The van der Waals surface area contributed by atoms with Crippen LogP contribution >= 0.6 is 0 Å². The third-order valence-corrected chi connectivity index (χ3v) is 1.90. The molecule has 0 spiro atoms. The predicted octanol–water partition coefficient (Wildman–Crippen LogP) is 2.10. The van der Waals surface area contributed by atoms with Crippen molar-refractivity contribution in [2.24, 2.45) is 0 Å². The molecule has 12 heavy (non-hydrogen) atoms. The van der Waals surface area contributed by atoms with Crippen LogP contribution in [0.5, 0.6) is 0 Å². The Hall–Kier alpha value is -1.12. The zero-order valence-corrected chi connectivity index (χ0v) is 6.97. The minimum atomic E-state index is -0.248. The largest absolute Gasteiger partial charge is 0.365 e. The van der Waals surface area contributed by atoms with Crippen LogP contribution in [0.3, 0.4) is 0 Å². The molecule has 1 aliphatic carbocycles. The summed E-state index contributed by atoms with van der Waals surface area (Å²) in [5.74, 6) is 0.144. The van der Waals surface area contributed by atoms with Gasteiger partial charge in [-0.25, -0.2) is 9.37 Å². The second kappa shape index (κ2) is 2.73. The van der Waals surface area contributed by atoms with Gasteiger partial charge in [-0.2, -0.15) is 0 Å². The summed E-state index contributed by atoms with van der Waals surface area (Å²) in [6.07, 6.45) is 3.94. The predicted molar refractivity (Wildman–Crippen MR) is 45.6 cm³/mol. The summed E-state index contributed by atoms with van der Waals surface area (Å²) in [6, 6.07) is 1.95. The third kappa shape index (κ3) is 1.55. The summed E-state index contributed by atoms with van der Waals surface area (Å²) in [5.41, 5.74) is 0.855. The fourth-order valence-corrected chi connectivity index (χ4v) is 1.06. The lowest BCUT2D eigenvalue weighted by molar-refractivity contribution is 0.622. The Morgan fingerprint density at radius 1 is 1.58 bits per heavy atom. The van der Waals surface area contributed by atoms with Gasteiger partial charge >= 0.3 is 0 Å². The fourth-order valence-electron chi connectivity index (χ4n) is 1.06. The molecule has 1 aromatic heterocycles. The normalized spacial score (nSPS) is 16.2. The van der Waals surface area contributed by atoms with Crippen LogP contribution in [-0.2, 0) is 0 Å². The first-order valence-corrected chi connectivity index (χ1v) is 4.14. The first kappa shape index (κ1) is 7.53. The van der Waals surface area contributed by atoms with Gasteiger partial charge in [0.25, 0.3) is 0 Å². The zero-order chi connectivity index (χ0) is 8.55. The fraction of sp³-hybridized carbons (Fsp3) is 0.444. The van der Waals surface area contributed by atoms with Crippen LogP contribution in [0.1, 0.15) is 18.4 Å². The number of hydrogen-bond donors (Lipinski definition) is 1. The number of pyridine rings is 1. The monoisotopic (exact) mass is 166 g/mol. The van der Waals surface area contributed by atoms with Gasteiger partial charge in [0.15, 0.2) is 11.6 Å². The summed E-state index contributed by atoms with van der Waals surface area (Å²) in [7, 11) is 0. The molecule has 0 amide bonds. The lowest BCUT2D eigenvalue weighted by atomic mass is 10.3. The highest BCUT2D eigenvalue weighted by Gasteiger charge is 2.22. The molecule has 3 heteroatoms. The average molecular weight is 166 g/mol. The van der Waals surface area contributed by atoms with E-state index in [0.29, 0.717) is 11.9 Å². The van der Waals surface area contributed by atoms with Gasteiger partial charge in [-0.1, -0.05) is 0 Å². The minimum Gasteiger partial charge on any atom is -0.365 e. The smallest absolute Gasteiger partial charge is 0.165 e. The number of aryl methyl sites for hydroxylation is 1. The molecule has 0 saturated heterocycles. The molecular weight excluding hydrogens is 155 g/mol. The van der Waals surface area contributed by atoms with Gasteiger partial charge in [-0.3, -0.25) is 0 Å². The van der Waals surface area contributed by atoms with E-state index in [1.165, 1.54) is 6.07 Å². The van der Waals surface area contributed by atoms with Gasteiger partial charge in [0.2, 0.25) is 0 Å². The van der Waals surface area contributed by atoms with Gasteiger partial charge < -0.3 is 5.32 Å². The van der Waals surface area contributed by atoms with E-state index < -0.39 is 0 Å². The maximum atomic E-state index is 13.1. The van der Waals surface area contributed by atoms with Crippen molar-refractivity contribution in [3.05, 3.63) is 23.6 Å². The zero-order valence-electron chi connectivity index (χ0n) is 6.97. The van der Waals surface area contributed by atoms with Crippen LogP contribution in [0.4, 0.5) is 10.2 Å². The molecule has 0 aromatic carbocycles. The molecule has 1 heterocycles. The highest BCUT2D eigenvalue weighted by atomic mass is 19.1. The number of nitrogens with zero attached hydrogens (tertiary/aromatic N) is 1. The second-order valence-corrected chi connectivity index (χ2v) is 3.26. The summed E-state index contributed by atoms with van der Waals surface area (Å²) < 4.78 is 13.1. The van der Waals surface area contributed by atoms with Crippen LogP contribution in [0.25, 0.3) is 0 Å². The Morgan fingerprint density at radius 3 is 2.92 bits per heavy atom. The van der Waals surface area contributed by atoms with Crippen molar-refractivity contribution in [1.82, 2.24) is 4.98 Å². The van der Waals surface area contributed by atoms with Crippen LogP contribution in [0.2, 0.25) is 0 Å². The first-order chi connectivity index (χ1) is 5.75. The molecule has 64 valence electrons. The Balaban J connectivity index is 2.18. The van der Waals surface area contributed by atoms with Crippen LogP contribution in [-0.4, -0.2) is 11.0 Å². The molecular formula is C9H11FN2. The van der Waals surface area contributed by atoms with Crippen molar-refractivity contribution in [1.29, 1.82) is 0 Å². The maximum Gasteiger partial charge on any atom is 0.165 e. The van der Waals surface area contributed by atoms with Crippen molar-refractivity contribution < 1.29 is 4.39 Å². The maximum absolute atomic E-state index is 13.1. The van der Waals surface area contributed by atoms with Crippen LogP contribution < -0.4 is 5.32 Å². The first-order valence-electron chi connectivity index (χ1n) is 4.14. The summed E-state index contributed by atoms with van der Waals surface area (Å²) in [4.78, 5) is 3.97. The molecule has 2 nitrogen and oxygen atoms in total. The Labute approximate surface area is 70.8 Å². The molecule has 1 N–H and O–H groups in total. The number of nitrogens with one attached hydrogen (secondary N) is 1. The number of halogens is 1. The molecule has 0 radical (unpaired) electrons. The molecule has 0 aliphatic heterocycles. The topological polar surface area (TPSA) is 24.9 Å². The van der Waals surface area contributed by atoms with E-state index >= 15 is 0 Å². The molecule has 0 atom stereocenters. The van der Waals surface area contributed by atoms with Gasteiger partial charge in [0, 0.05) is 12.2 Å². The third-order valence-electron chi connectivity index (χ3n) is 1.90. The summed E-state index contributed by atoms with van der Waals surface area (Å²) in [5, 5.41) is 3.03. The van der Waals surface area contributed by atoms with E-state index in [-0.39, 0.29) is 5.82 Å². The lowest BCUT2D eigenvalue weighted by Crippen LogP contribution is -2.05. The number of rotatable bonds is 2. The highest BCUT2D eigenvalue weighted by Crippen LogP contribution is 2.24. The van der Waals surface area contributed by atoms with E-state index in [4.69, 9.17) is 0 Å². The number of hydrogen-bond acceptors (Lipinski definition) is 2. The number of aromatic nitrogens is 1. The second-order valence-electron chi connectivity index (χ2n) is 3.26. The summed E-state index contributed by atoms with van der Waals surface area (Å²) >= 11 is 0. The van der Waals surface area contributed by atoms with Gasteiger partial charge in [0.05, 0.1) is 0 Å². The van der Waals surface area contributed by atoms with E-state index in [1.807, 2.05) is 6.92 Å². The highest BCUT2D eigenvalue weighted by molar-refractivity contribution is 5.39. The molecule has 1 fully saturated rings. The Bertz CT molecular complexity index is 295. The van der Waals surface area contributed by atoms with E-state index in [1.54, 1.807) is 6.20 Å². The van der Waals surface area contributed by atoms with Gasteiger partial charge in [-0.05, 0) is 31.4 Å². The van der Waals surface area contributed by atoms with E-state index in [9.17, 15) is 4.39 Å². The van der Waals surface area contributed by atoms with Crippen LogP contribution in [0.15, 0.2) is 12.3 Å². The van der Waals surface area contributed by atoms with Crippen molar-refractivity contribution in [2.75, 3.05) is 5.32 Å². The summed E-state index contributed by atoms with van der Waals surface area (Å²) in [6.45, 7) is 1.83. The van der Waals surface area contributed by atoms with Crippen molar-refractivity contribution in [2.45, 2.75) is 25.8 Å². The minimum absolute atomic E-state index is 0.248. The molecule has 1 aliphatic rings. The lowest BCUT2D eigenvalue weighted by Gasteiger charge is -2.04. The molecule has 0 unspecified atom stereocenters. The van der Waals surface area contributed by atoms with Crippen molar-refractivity contribution in [3.8, 4) is 0 Å². The molecule has 1 aromatic rings. The van der Waals surface area contributed by atoms with Crippen LogP contribution in [0, 0.1) is 12.7 Å².